The van der Waals surface area contributed by atoms with E-state index in [9.17, 15) is 4.39 Å². The summed E-state index contributed by atoms with van der Waals surface area (Å²) in [6.07, 6.45) is 1.44. The van der Waals surface area contributed by atoms with Gasteiger partial charge in [0.25, 0.3) is 0 Å². The molecule has 4 nitrogen and oxygen atoms in total. The first-order valence-electron chi connectivity index (χ1n) is 7.65. The Labute approximate surface area is 131 Å². The predicted molar refractivity (Wildman–Crippen MR) is 83.9 cm³/mol. The minimum atomic E-state index is -0.744. The van der Waals surface area contributed by atoms with Crippen molar-refractivity contribution in [1.82, 2.24) is 0 Å². The third-order valence-electron chi connectivity index (χ3n) is 4.30. The van der Waals surface area contributed by atoms with Crippen LogP contribution in [-0.4, -0.2) is 36.6 Å². The number of unbranched alkanes of at least 4 members (excludes halogenated alkanes) is 1. The zero-order valence-electron chi connectivity index (χ0n) is 13.7. The summed E-state index contributed by atoms with van der Waals surface area (Å²) in [7, 11) is -0.744. The number of ether oxygens (including phenoxy) is 1. The first kappa shape index (κ1) is 17.3. The molecular weight excluding hydrogens is 286 g/mol. The second-order valence-electron chi connectivity index (χ2n) is 6.55. The van der Waals surface area contributed by atoms with Gasteiger partial charge in [-0.1, -0.05) is 0 Å². The van der Waals surface area contributed by atoms with E-state index in [1.807, 2.05) is 27.7 Å². The number of halogens is 1. The van der Waals surface area contributed by atoms with E-state index < -0.39 is 18.3 Å². The summed E-state index contributed by atoms with van der Waals surface area (Å²) in [6.45, 7) is 8.35. The van der Waals surface area contributed by atoms with Gasteiger partial charge >= 0.3 is 7.12 Å². The second-order valence-corrected chi connectivity index (χ2v) is 6.55. The van der Waals surface area contributed by atoms with E-state index in [0.29, 0.717) is 24.2 Å². The summed E-state index contributed by atoms with van der Waals surface area (Å²) in [5.74, 6) is 0.199. The van der Waals surface area contributed by atoms with Gasteiger partial charge < -0.3 is 19.2 Å². The minimum absolute atomic E-state index is 0.145. The molecule has 0 saturated carbocycles. The van der Waals surface area contributed by atoms with Crippen molar-refractivity contribution in [3.8, 4) is 5.75 Å². The van der Waals surface area contributed by atoms with E-state index in [4.69, 9.17) is 19.2 Å². The monoisotopic (exact) mass is 310 g/mol. The molecule has 0 aliphatic carbocycles. The van der Waals surface area contributed by atoms with Crippen LogP contribution in [0.15, 0.2) is 18.2 Å². The highest BCUT2D eigenvalue weighted by atomic mass is 19.1. The summed E-state index contributed by atoms with van der Waals surface area (Å²) in [4.78, 5) is 0. The summed E-state index contributed by atoms with van der Waals surface area (Å²) < 4.78 is 31.5. The minimum Gasteiger partial charge on any atom is -0.494 e. The normalized spacial score (nSPS) is 19.5. The number of aliphatic hydroxyl groups excluding tert-OH is 1. The molecule has 6 heteroatoms. The molecule has 1 aromatic carbocycles. The summed E-state index contributed by atoms with van der Waals surface area (Å²) in [5.41, 5.74) is -0.678. The zero-order chi connectivity index (χ0) is 16.4. The van der Waals surface area contributed by atoms with Gasteiger partial charge in [0, 0.05) is 12.1 Å². The molecule has 22 heavy (non-hydrogen) atoms. The molecule has 1 saturated heterocycles. The Kier molecular flexibility index (Phi) is 5.15. The van der Waals surface area contributed by atoms with E-state index in [1.54, 1.807) is 12.1 Å². The van der Waals surface area contributed by atoms with Crippen LogP contribution in [-0.2, 0) is 9.31 Å². The van der Waals surface area contributed by atoms with Gasteiger partial charge in [-0.15, -0.1) is 0 Å². The van der Waals surface area contributed by atoms with Crippen molar-refractivity contribution in [3.63, 3.8) is 0 Å². The van der Waals surface area contributed by atoms with E-state index in [1.165, 1.54) is 6.07 Å². The average Bonchev–Trinajstić information content (AvgIpc) is 2.65. The van der Waals surface area contributed by atoms with Gasteiger partial charge in [-0.25, -0.2) is 4.39 Å². The maximum atomic E-state index is 14.1. The molecule has 0 radical (unpaired) electrons. The number of rotatable bonds is 6. The van der Waals surface area contributed by atoms with Crippen molar-refractivity contribution < 1.29 is 23.5 Å². The molecule has 0 atom stereocenters. The molecule has 122 valence electrons. The van der Waals surface area contributed by atoms with Gasteiger partial charge in [-0.2, -0.15) is 0 Å². The average molecular weight is 310 g/mol. The Morgan fingerprint density at radius 1 is 1.14 bits per heavy atom. The third-order valence-corrected chi connectivity index (χ3v) is 4.30. The molecular formula is C16H24BFO4. The van der Waals surface area contributed by atoms with Gasteiger partial charge in [0.15, 0.2) is 0 Å². The molecule has 0 bridgehead atoms. The number of hydrogen-bond acceptors (Lipinski definition) is 4. The molecule has 0 aromatic heterocycles. The van der Waals surface area contributed by atoms with Crippen molar-refractivity contribution in [3.05, 3.63) is 24.0 Å². The first-order valence-corrected chi connectivity index (χ1v) is 7.65. The lowest BCUT2D eigenvalue weighted by molar-refractivity contribution is 0.00578. The van der Waals surface area contributed by atoms with E-state index in [0.717, 1.165) is 6.42 Å². The Morgan fingerprint density at radius 3 is 2.36 bits per heavy atom. The van der Waals surface area contributed by atoms with E-state index >= 15 is 0 Å². The largest absolute Gasteiger partial charge is 0.497 e. The molecule has 1 aromatic rings. The van der Waals surface area contributed by atoms with Crippen LogP contribution in [0.1, 0.15) is 40.5 Å². The second kappa shape index (κ2) is 6.56. The lowest BCUT2D eigenvalue weighted by atomic mass is 9.78. The van der Waals surface area contributed by atoms with E-state index in [-0.39, 0.29) is 12.4 Å². The van der Waals surface area contributed by atoms with Crippen molar-refractivity contribution in [1.29, 1.82) is 0 Å². The quantitative estimate of drug-likeness (QED) is 0.647. The van der Waals surface area contributed by atoms with Crippen molar-refractivity contribution in [2.24, 2.45) is 0 Å². The fourth-order valence-electron chi connectivity index (χ4n) is 2.17. The molecule has 1 heterocycles. The summed E-state index contributed by atoms with van der Waals surface area (Å²) in [5, 5.41) is 8.75. The Bertz CT molecular complexity index is 503. The molecule has 2 rings (SSSR count). The molecule has 0 spiro atoms. The SMILES string of the molecule is CC1(C)OB(c2cc(OCCCCO)ccc2F)OC1(C)C. The Hall–Kier alpha value is -1.11. The van der Waals surface area contributed by atoms with Crippen LogP contribution in [0.4, 0.5) is 4.39 Å². The van der Waals surface area contributed by atoms with Gasteiger partial charge in [0.05, 0.1) is 17.8 Å². The highest BCUT2D eigenvalue weighted by molar-refractivity contribution is 6.62. The van der Waals surface area contributed by atoms with Crippen LogP contribution in [0.2, 0.25) is 0 Å². The van der Waals surface area contributed by atoms with Gasteiger partial charge in [-0.3, -0.25) is 0 Å². The number of aliphatic hydroxyl groups is 1. The molecule has 0 unspecified atom stereocenters. The first-order chi connectivity index (χ1) is 10.3. The molecule has 1 aliphatic heterocycles. The van der Waals surface area contributed by atoms with Crippen LogP contribution in [0.5, 0.6) is 5.75 Å². The number of hydrogen-bond donors (Lipinski definition) is 1. The van der Waals surface area contributed by atoms with Crippen molar-refractivity contribution in [2.75, 3.05) is 13.2 Å². The maximum Gasteiger partial charge on any atom is 0.497 e. The highest BCUT2D eigenvalue weighted by Gasteiger charge is 2.52. The standard InChI is InChI=1S/C16H24BFO4/c1-15(2)16(3,4)22-17(21-15)13-11-12(7-8-14(13)18)20-10-6-5-9-19/h7-8,11,19H,5-6,9-10H2,1-4H3. The third kappa shape index (κ3) is 3.62. The van der Waals surface area contributed by atoms with Gasteiger partial charge in [-0.05, 0) is 58.7 Å². The molecule has 0 amide bonds. The molecule has 1 aliphatic rings. The zero-order valence-corrected chi connectivity index (χ0v) is 13.7. The smallest absolute Gasteiger partial charge is 0.494 e. The van der Waals surface area contributed by atoms with Crippen LogP contribution >= 0.6 is 0 Å². The van der Waals surface area contributed by atoms with Gasteiger partial charge in [0.1, 0.15) is 11.6 Å². The fraction of sp³-hybridized carbons (Fsp3) is 0.625. The van der Waals surface area contributed by atoms with Crippen LogP contribution in [0, 0.1) is 5.82 Å². The van der Waals surface area contributed by atoms with Crippen molar-refractivity contribution >= 4 is 12.6 Å². The molecule has 1 N–H and O–H groups in total. The lowest BCUT2D eigenvalue weighted by Gasteiger charge is -2.32. The predicted octanol–water partition coefficient (Wildman–Crippen LogP) is 2.28. The van der Waals surface area contributed by atoms with Crippen LogP contribution in [0.25, 0.3) is 0 Å². The highest BCUT2D eigenvalue weighted by Crippen LogP contribution is 2.36. The van der Waals surface area contributed by atoms with Gasteiger partial charge in [0.2, 0.25) is 0 Å². The Balaban J connectivity index is 2.11. The lowest BCUT2D eigenvalue weighted by Crippen LogP contribution is -2.41. The Morgan fingerprint density at radius 2 is 1.77 bits per heavy atom. The van der Waals surface area contributed by atoms with Crippen molar-refractivity contribution in [2.45, 2.75) is 51.7 Å². The fourth-order valence-corrected chi connectivity index (χ4v) is 2.17. The summed E-state index contributed by atoms with van der Waals surface area (Å²) in [6, 6.07) is 4.57. The summed E-state index contributed by atoms with van der Waals surface area (Å²) >= 11 is 0. The topological polar surface area (TPSA) is 47.9 Å². The number of benzene rings is 1. The van der Waals surface area contributed by atoms with E-state index in [2.05, 4.69) is 0 Å². The maximum absolute atomic E-state index is 14.1. The molecule has 1 fully saturated rings. The van der Waals surface area contributed by atoms with Crippen LogP contribution in [0.3, 0.4) is 0 Å². The van der Waals surface area contributed by atoms with Crippen LogP contribution < -0.4 is 10.2 Å².